The molecule has 2 amide bonds. The number of halogens is 4. The first-order chi connectivity index (χ1) is 16.8. The molecule has 0 unspecified atom stereocenters. The largest absolute Gasteiger partial charge is 0.354 e. The number of carbonyl (C=O) groups is 2. The monoisotopic (exact) mass is 534 g/mol. The van der Waals surface area contributed by atoms with Crippen molar-refractivity contribution in [3.63, 3.8) is 0 Å². The Morgan fingerprint density at radius 1 is 0.886 bits per heavy atom. The van der Waals surface area contributed by atoms with Gasteiger partial charge in [-0.05, 0) is 36.2 Å². The van der Waals surface area contributed by atoms with E-state index in [0.717, 1.165) is 12.0 Å². The molecule has 0 saturated carbocycles. The Morgan fingerprint density at radius 3 is 2.09 bits per heavy atom. The summed E-state index contributed by atoms with van der Waals surface area (Å²) in [5, 5.41) is 3.77. The third-order valence-electron chi connectivity index (χ3n) is 5.60. The van der Waals surface area contributed by atoms with E-state index in [9.17, 15) is 14.0 Å². The molecule has 0 spiro atoms. The highest BCUT2D eigenvalue weighted by atomic mass is 35.5. The first-order valence-corrected chi connectivity index (χ1v) is 12.4. The summed E-state index contributed by atoms with van der Waals surface area (Å²) < 4.78 is 14.5. The highest BCUT2D eigenvalue weighted by Gasteiger charge is 2.32. The first-order valence-electron chi connectivity index (χ1n) is 11.3. The van der Waals surface area contributed by atoms with E-state index in [1.165, 1.54) is 23.1 Å². The standard InChI is InChI=1S/C27H26Cl3FN2O2/c1-2-14-32-27(35)25(15-18-8-4-3-5-9-18)33(17-20-22(29)10-6-11-23(20)30)26(34)16-19-21(28)12-7-13-24(19)31/h3-13,25H,2,14-17H2,1H3,(H,32,35)/t25-/m0/s1. The second-order valence-electron chi connectivity index (χ2n) is 8.10. The van der Waals surface area contributed by atoms with Gasteiger partial charge in [-0.2, -0.15) is 0 Å². The van der Waals surface area contributed by atoms with Crippen LogP contribution in [-0.4, -0.2) is 29.3 Å². The highest BCUT2D eigenvalue weighted by molar-refractivity contribution is 6.36. The van der Waals surface area contributed by atoms with Crippen LogP contribution in [0.2, 0.25) is 15.1 Å². The molecule has 3 aromatic rings. The summed E-state index contributed by atoms with van der Waals surface area (Å²) >= 11 is 19.0. The van der Waals surface area contributed by atoms with E-state index < -0.39 is 17.8 Å². The zero-order valence-electron chi connectivity index (χ0n) is 19.2. The van der Waals surface area contributed by atoms with Crippen molar-refractivity contribution in [1.29, 1.82) is 0 Å². The Hall–Kier alpha value is -2.60. The fourth-order valence-corrected chi connectivity index (χ4v) is 4.47. The van der Waals surface area contributed by atoms with Gasteiger partial charge in [-0.25, -0.2) is 4.39 Å². The topological polar surface area (TPSA) is 49.4 Å². The quantitative estimate of drug-likeness (QED) is 0.322. The van der Waals surface area contributed by atoms with E-state index in [4.69, 9.17) is 34.8 Å². The van der Waals surface area contributed by atoms with Gasteiger partial charge in [-0.3, -0.25) is 9.59 Å². The van der Waals surface area contributed by atoms with Gasteiger partial charge in [0.2, 0.25) is 11.8 Å². The molecule has 0 aromatic heterocycles. The van der Waals surface area contributed by atoms with Crippen LogP contribution < -0.4 is 5.32 Å². The highest BCUT2D eigenvalue weighted by Crippen LogP contribution is 2.28. The molecule has 3 rings (SSSR count). The van der Waals surface area contributed by atoms with Gasteiger partial charge in [0.15, 0.2) is 0 Å². The van der Waals surface area contributed by atoms with Crippen molar-refractivity contribution in [3.8, 4) is 0 Å². The van der Waals surface area contributed by atoms with Crippen LogP contribution in [0.25, 0.3) is 0 Å². The molecule has 0 aliphatic heterocycles. The van der Waals surface area contributed by atoms with E-state index in [-0.39, 0.29) is 35.9 Å². The van der Waals surface area contributed by atoms with Crippen molar-refractivity contribution in [2.24, 2.45) is 0 Å². The summed E-state index contributed by atoms with van der Waals surface area (Å²) in [6.45, 7) is 2.37. The van der Waals surface area contributed by atoms with Gasteiger partial charge in [-0.15, -0.1) is 0 Å². The number of nitrogens with zero attached hydrogens (tertiary/aromatic N) is 1. The second kappa shape index (κ2) is 12.9. The molecule has 0 radical (unpaired) electrons. The molecule has 0 heterocycles. The number of nitrogens with one attached hydrogen (secondary N) is 1. The fraction of sp³-hybridized carbons (Fsp3) is 0.259. The molecule has 0 bridgehead atoms. The minimum Gasteiger partial charge on any atom is -0.354 e. The number of amides is 2. The summed E-state index contributed by atoms with van der Waals surface area (Å²) in [7, 11) is 0. The lowest BCUT2D eigenvalue weighted by atomic mass is 10.0. The van der Waals surface area contributed by atoms with Crippen molar-refractivity contribution in [2.45, 2.75) is 38.8 Å². The lowest BCUT2D eigenvalue weighted by molar-refractivity contribution is -0.140. The number of hydrogen-bond donors (Lipinski definition) is 1. The maximum atomic E-state index is 14.5. The number of carbonyl (C=O) groups excluding carboxylic acids is 2. The lowest BCUT2D eigenvalue weighted by Crippen LogP contribution is -2.51. The normalized spacial score (nSPS) is 11.7. The van der Waals surface area contributed by atoms with E-state index in [1.807, 2.05) is 37.3 Å². The van der Waals surface area contributed by atoms with Crippen LogP contribution >= 0.6 is 34.8 Å². The fourth-order valence-electron chi connectivity index (χ4n) is 3.73. The van der Waals surface area contributed by atoms with Gasteiger partial charge in [0.05, 0.1) is 6.42 Å². The van der Waals surface area contributed by atoms with Crippen LogP contribution in [0.3, 0.4) is 0 Å². The SMILES string of the molecule is CCCNC(=O)[C@H](Cc1ccccc1)N(Cc1c(Cl)cccc1Cl)C(=O)Cc1c(F)cccc1Cl. The smallest absolute Gasteiger partial charge is 0.243 e. The molecule has 184 valence electrons. The molecule has 8 heteroatoms. The molecule has 4 nitrogen and oxygen atoms in total. The molecule has 0 aliphatic carbocycles. The third kappa shape index (κ3) is 7.20. The average molecular weight is 536 g/mol. The van der Waals surface area contributed by atoms with Crippen molar-refractivity contribution >= 4 is 46.6 Å². The summed E-state index contributed by atoms with van der Waals surface area (Å²) in [4.78, 5) is 28.4. The minimum absolute atomic E-state index is 0.0273. The van der Waals surface area contributed by atoms with Gasteiger partial charge in [0.1, 0.15) is 11.9 Å². The summed E-state index contributed by atoms with van der Waals surface area (Å²) in [6.07, 6.45) is 0.675. The zero-order valence-corrected chi connectivity index (χ0v) is 21.5. The van der Waals surface area contributed by atoms with Crippen LogP contribution in [0, 0.1) is 5.82 Å². The molecule has 1 atom stereocenters. The predicted molar refractivity (Wildman–Crippen MR) is 139 cm³/mol. The van der Waals surface area contributed by atoms with Crippen molar-refractivity contribution in [1.82, 2.24) is 10.2 Å². The maximum absolute atomic E-state index is 14.5. The Kier molecular flexibility index (Phi) is 9.96. The Bertz CT molecular complexity index is 1130. The van der Waals surface area contributed by atoms with Crippen LogP contribution in [0.15, 0.2) is 66.7 Å². The molecule has 0 fully saturated rings. The van der Waals surface area contributed by atoms with E-state index in [0.29, 0.717) is 22.2 Å². The summed E-state index contributed by atoms with van der Waals surface area (Å²) in [5.41, 5.74) is 1.45. The van der Waals surface area contributed by atoms with Crippen LogP contribution in [-0.2, 0) is 29.0 Å². The lowest BCUT2D eigenvalue weighted by Gasteiger charge is -2.32. The first kappa shape index (κ1) is 27.0. The number of benzene rings is 3. The van der Waals surface area contributed by atoms with E-state index in [2.05, 4.69) is 5.32 Å². The van der Waals surface area contributed by atoms with Crippen molar-refractivity contribution < 1.29 is 14.0 Å². The van der Waals surface area contributed by atoms with E-state index >= 15 is 0 Å². The van der Waals surface area contributed by atoms with Crippen molar-refractivity contribution in [3.05, 3.63) is 104 Å². The Morgan fingerprint density at radius 2 is 1.49 bits per heavy atom. The molecular weight excluding hydrogens is 510 g/mol. The number of rotatable bonds is 10. The second-order valence-corrected chi connectivity index (χ2v) is 9.32. The zero-order chi connectivity index (χ0) is 25.4. The molecule has 0 saturated heterocycles. The van der Waals surface area contributed by atoms with Crippen LogP contribution in [0.5, 0.6) is 0 Å². The predicted octanol–water partition coefficient (Wildman–Crippen LogP) is 6.49. The Labute approximate surface area is 220 Å². The van der Waals surface area contributed by atoms with Gasteiger partial charge < -0.3 is 10.2 Å². The third-order valence-corrected chi connectivity index (χ3v) is 6.66. The molecule has 3 aromatic carbocycles. The van der Waals surface area contributed by atoms with E-state index in [1.54, 1.807) is 18.2 Å². The molecule has 0 aliphatic rings. The maximum Gasteiger partial charge on any atom is 0.243 e. The van der Waals surface area contributed by atoms with Gasteiger partial charge in [0.25, 0.3) is 0 Å². The number of hydrogen-bond acceptors (Lipinski definition) is 2. The van der Waals surface area contributed by atoms with Crippen LogP contribution in [0.4, 0.5) is 4.39 Å². The van der Waals surface area contributed by atoms with Gasteiger partial charge in [-0.1, -0.05) is 84.2 Å². The van der Waals surface area contributed by atoms with Gasteiger partial charge in [0, 0.05) is 45.7 Å². The van der Waals surface area contributed by atoms with Gasteiger partial charge >= 0.3 is 0 Å². The van der Waals surface area contributed by atoms with Crippen LogP contribution in [0.1, 0.15) is 30.0 Å². The van der Waals surface area contributed by atoms with Crippen molar-refractivity contribution in [2.75, 3.05) is 6.54 Å². The molecule has 1 N–H and O–H groups in total. The summed E-state index contributed by atoms with van der Waals surface area (Å²) in [5.74, 6) is -1.37. The molecular formula is C27H26Cl3FN2O2. The molecule has 35 heavy (non-hydrogen) atoms. The average Bonchev–Trinajstić information content (AvgIpc) is 2.84. The summed E-state index contributed by atoms with van der Waals surface area (Å²) in [6, 6.07) is 17.8. The Balaban J connectivity index is 2.04. The minimum atomic E-state index is -0.880.